The van der Waals surface area contributed by atoms with Gasteiger partial charge in [0.15, 0.2) is 0 Å². The molecular weight excluding hydrogens is 260 g/mol. The van der Waals surface area contributed by atoms with E-state index in [1.165, 1.54) is 0 Å². The van der Waals surface area contributed by atoms with Crippen molar-refractivity contribution in [3.8, 4) is 0 Å². The zero-order chi connectivity index (χ0) is 14.0. The third kappa shape index (κ3) is 2.93. The van der Waals surface area contributed by atoms with Crippen molar-refractivity contribution in [1.29, 1.82) is 0 Å². The van der Waals surface area contributed by atoms with E-state index in [4.69, 9.17) is 17.3 Å². The van der Waals surface area contributed by atoms with E-state index < -0.39 is 0 Å². The molecule has 1 aromatic rings. The fourth-order valence-electron chi connectivity index (χ4n) is 2.94. The van der Waals surface area contributed by atoms with Gasteiger partial charge >= 0.3 is 0 Å². The van der Waals surface area contributed by atoms with Crippen LogP contribution in [0, 0.1) is 12.8 Å². The highest BCUT2D eigenvalue weighted by molar-refractivity contribution is 6.33. The maximum absolute atomic E-state index is 12.5. The minimum atomic E-state index is -0.00431. The van der Waals surface area contributed by atoms with E-state index in [1.807, 2.05) is 37.1 Å². The first-order valence-corrected chi connectivity index (χ1v) is 7.15. The van der Waals surface area contributed by atoms with Gasteiger partial charge in [0.1, 0.15) is 0 Å². The normalized spacial score (nSPS) is 22.5. The Kier molecular flexibility index (Phi) is 4.48. The van der Waals surface area contributed by atoms with Gasteiger partial charge in [0, 0.05) is 13.1 Å². The number of carbonyl (C=O) groups is 1. The van der Waals surface area contributed by atoms with Crippen LogP contribution in [0.25, 0.3) is 0 Å². The summed E-state index contributed by atoms with van der Waals surface area (Å²) in [5.41, 5.74) is 7.43. The number of rotatable bonds is 3. The molecule has 1 aromatic carbocycles. The summed E-state index contributed by atoms with van der Waals surface area (Å²) in [7, 11) is 1.86. The molecule has 1 aliphatic rings. The maximum Gasteiger partial charge on any atom is 0.255 e. The Balaban J connectivity index is 2.19. The molecule has 0 radical (unpaired) electrons. The van der Waals surface area contributed by atoms with E-state index in [1.54, 1.807) is 0 Å². The number of hydrogen-bond acceptors (Lipinski definition) is 2. The number of nitrogens with zero attached hydrogens (tertiary/aromatic N) is 1. The number of aryl methyl sites for hydroxylation is 1. The minimum Gasteiger partial charge on any atom is -0.338 e. The smallest absolute Gasteiger partial charge is 0.255 e. The third-order valence-electron chi connectivity index (χ3n) is 4.09. The summed E-state index contributed by atoms with van der Waals surface area (Å²) >= 11 is 6.17. The third-order valence-corrected chi connectivity index (χ3v) is 4.41. The molecule has 1 fully saturated rings. The molecule has 1 amide bonds. The van der Waals surface area contributed by atoms with Gasteiger partial charge in [-0.15, -0.1) is 0 Å². The molecule has 0 bridgehead atoms. The first kappa shape index (κ1) is 14.4. The number of carbonyl (C=O) groups excluding carboxylic acids is 1. The summed E-state index contributed by atoms with van der Waals surface area (Å²) in [6.45, 7) is 2.61. The molecule has 1 saturated carbocycles. The van der Waals surface area contributed by atoms with Crippen molar-refractivity contribution in [3.05, 3.63) is 34.3 Å². The van der Waals surface area contributed by atoms with Crippen molar-refractivity contribution in [3.63, 3.8) is 0 Å². The SMILES string of the molecule is Cc1ccc(C(=O)N(C)C2CCCC2CN)c(Cl)c1. The Labute approximate surface area is 119 Å². The number of hydrogen-bond donors (Lipinski definition) is 1. The maximum atomic E-state index is 12.5. The van der Waals surface area contributed by atoms with Crippen molar-refractivity contribution in [2.24, 2.45) is 11.7 Å². The molecule has 2 rings (SSSR count). The molecule has 1 aliphatic carbocycles. The molecule has 0 heterocycles. The van der Waals surface area contributed by atoms with Gasteiger partial charge in [0.2, 0.25) is 0 Å². The molecule has 0 aromatic heterocycles. The first-order chi connectivity index (χ1) is 9.04. The molecule has 2 N–H and O–H groups in total. The monoisotopic (exact) mass is 280 g/mol. The molecule has 0 spiro atoms. The first-order valence-electron chi connectivity index (χ1n) is 6.78. The molecule has 4 heteroatoms. The van der Waals surface area contributed by atoms with Crippen molar-refractivity contribution in [2.45, 2.75) is 32.2 Å². The standard InChI is InChI=1S/C15H21ClN2O/c1-10-6-7-12(13(16)8-10)15(19)18(2)14-5-3-4-11(14)9-17/h6-8,11,14H,3-5,9,17H2,1-2H3. The van der Waals surface area contributed by atoms with Gasteiger partial charge in [-0.1, -0.05) is 24.1 Å². The van der Waals surface area contributed by atoms with E-state index in [-0.39, 0.29) is 11.9 Å². The zero-order valence-corrected chi connectivity index (χ0v) is 12.3. The van der Waals surface area contributed by atoms with Crippen molar-refractivity contribution < 1.29 is 4.79 Å². The molecule has 2 unspecified atom stereocenters. The molecule has 2 atom stereocenters. The van der Waals surface area contributed by atoms with Gasteiger partial charge in [0.05, 0.1) is 10.6 Å². The Morgan fingerprint density at radius 1 is 1.47 bits per heavy atom. The molecule has 104 valence electrons. The summed E-state index contributed by atoms with van der Waals surface area (Å²) in [6.07, 6.45) is 3.29. The van der Waals surface area contributed by atoms with E-state index in [9.17, 15) is 4.79 Å². The Bertz CT molecular complexity index is 475. The second-order valence-corrected chi connectivity index (χ2v) is 5.80. The van der Waals surface area contributed by atoms with Crippen LogP contribution >= 0.6 is 11.6 Å². The summed E-state index contributed by atoms with van der Waals surface area (Å²) < 4.78 is 0. The predicted molar refractivity (Wildman–Crippen MR) is 78.5 cm³/mol. The van der Waals surface area contributed by atoms with Gasteiger partial charge in [-0.05, 0) is 49.9 Å². The van der Waals surface area contributed by atoms with Crippen LogP contribution in [0.5, 0.6) is 0 Å². The van der Waals surface area contributed by atoms with Crippen molar-refractivity contribution in [2.75, 3.05) is 13.6 Å². The lowest BCUT2D eigenvalue weighted by molar-refractivity contribution is 0.0700. The fraction of sp³-hybridized carbons (Fsp3) is 0.533. The van der Waals surface area contributed by atoms with Crippen LogP contribution in [-0.4, -0.2) is 30.4 Å². The summed E-state index contributed by atoms with van der Waals surface area (Å²) in [6, 6.07) is 5.80. The summed E-state index contributed by atoms with van der Waals surface area (Å²) in [5, 5.41) is 0.527. The summed E-state index contributed by atoms with van der Waals surface area (Å²) in [5.74, 6) is 0.411. The van der Waals surface area contributed by atoms with E-state index in [0.29, 0.717) is 23.0 Å². The molecule has 19 heavy (non-hydrogen) atoms. The largest absolute Gasteiger partial charge is 0.338 e. The van der Waals surface area contributed by atoms with Crippen molar-refractivity contribution in [1.82, 2.24) is 4.90 Å². The highest BCUT2D eigenvalue weighted by atomic mass is 35.5. The van der Waals surface area contributed by atoms with Crippen LogP contribution < -0.4 is 5.73 Å². The van der Waals surface area contributed by atoms with Crippen LogP contribution in [-0.2, 0) is 0 Å². The molecule has 0 saturated heterocycles. The van der Waals surface area contributed by atoms with E-state index in [0.717, 1.165) is 24.8 Å². The lowest BCUT2D eigenvalue weighted by Gasteiger charge is -2.29. The number of benzene rings is 1. The van der Waals surface area contributed by atoms with Crippen LogP contribution in [0.2, 0.25) is 5.02 Å². The highest BCUT2D eigenvalue weighted by Gasteiger charge is 2.32. The van der Waals surface area contributed by atoms with E-state index in [2.05, 4.69) is 0 Å². The van der Waals surface area contributed by atoms with Gasteiger partial charge in [0.25, 0.3) is 5.91 Å². The van der Waals surface area contributed by atoms with E-state index >= 15 is 0 Å². The van der Waals surface area contributed by atoms with Crippen LogP contribution in [0.15, 0.2) is 18.2 Å². The van der Waals surface area contributed by atoms with Crippen LogP contribution in [0.3, 0.4) is 0 Å². The quantitative estimate of drug-likeness (QED) is 0.925. The molecule has 3 nitrogen and oxygen atoms in total. The topological polar surface area (TPSA) is 46.3 Å². The lowest BCUT2D eigenvalue weighted by atomic mass is 10.0. The number of halogens is 1. The number of amides is 1. The average Bonchev–Trinajstić information content (AvgIpc) is 2.85. The molecule has 0 aliphatic heterocycles. The second kappa shape index (κ2) is 5.93. The molecular formula is C15H21ClN2O. The Morgan fingerprint density at radius 2 is 2.21 bits per heavy atom. The highest BCUT2D eigenvalue weighted by Crippen LogP contribution is 2.30. The minimum absolute atomic E-state index is 0.00431. The Morgan fingerprint density at radius 3 is 2.84 bits per heavy atom. The number of nitrogens with two attached hydrogens (primary N) is 1. The van der Waals surface area contributed by atoms with Crippen molar-refractivity contribution >= 4 is 17.5 Å². The average molecular weight is 281 g/mol. The van der Waals surface area contributed by atoms with Crippen LogP contribution in [0.1, 0.15) is 35.2 Å². The second-order valence-electron chi connectivity index (χ2n) is 5.39. The van der Waals surface area contributed by atoms with Gasteiger partial charge < -0.3 is 10.6 Å². The lowest BCUT2D eigenvalue weighted by Crippen LogP contribution is -2.41. The van der Waals surface area contributed by atoms with Gasteiger partial charge in [-0.25, -0.2) is 0 Å². The van der Waals surface area contributed by atoms with Gasteiger partial charge in [-0.2, -0.15) is 0 Å². The van der Waals surface area contributed by atoms with Gasteiger partial charge in [-0.3, -0.25) is 4.79 Å². The van der Waals surface area contributed by atoms with Crippen LogP contribution in [0.4, 0.5) is 0 Å². The Hall–Kier alpha value is -1.06. The fourth-order valence-corrected chi connectivity index (χ4v) is 3.25. The zero-order valence-electron chi connectivity index (χ0n) is 11.5. The summed E-state index contributed by atoms with van der Waals surface area (Å²) in [4.78, 5) is 14.3. The predicted octanol–water partition coefficient (Wildman–Crippen LogP) is 2.85.